The minimum Gasteiger partial charge on any atom is -0.492 e. The normalized spacial score (nSPS) is 10.1. The topological polar surface area (TPSA) is 57.5 Å². The van der Waals surface area contributed by atoms with Gasteiger partial charge in [0, 0.05) is 12.3 Å². The number of nitrogens with zero attached hydrogens (tertiary/aromatic N) is 1. The van der Waals surface area contributed by atoms with Crippen molar-refractivity contribution in [1.29, 1.82) is 0 Å². The van der Waals surface area contributed by atoms with Crippen molar-refractivity contribution in [2.75, 3.05) is 13.7 Å². The molecule has 0 amide bonds. The van der Waals surface area contributed by atoms with Crippen LogP contribution in [0.15, 0.2) is 53.5 Å². The molecule has 0 saturated heterocycles. The SMILES string of the molecule is COC(=O)c1ccc(OCCn2ccccc2=O)cc1. The maximum Gasteiger partial charge on any atom is 0.337 e. The molecule has 0 atom stereocenters. The van der Waals surface area contributed by atoms with E-state index in [1.807, 2.05) is 0 Å². The zero-order valence-corrected chi connectivity index (χ0v) is 11.1. The van der Waals surface area contributed by atoms with E-state index in [1.54, 1.807) is 47.2 Å². The van der Waals surface area contributed by atoms with E-state index in [2.05, 4.69) is 4.74 Å². The summed E-state index contributed by atoms with van der Waals surface area (Å²) in [6.45, 7) is 0.847. The molecule has 5 nitrogen and oxygen atoms in total. The van der Waals surface area contributed by atoms with Gasteiger partial charge in [0.1, 0.15) is 12.4 Å². The highest BCUT2D eigenvalue weighted by Crippen LogP contribution is 2.12. The summed E-state index contributed by atoms with van der Waals surface area (Å²) in [5, 5.41) is 0. The Hall–Kier alpha value is -2.56. The van der Waals surface area contributed by atoms with Crippen LogP contribution in [0.3, 0.4) is 0 Å². The lowest BCUT2D eigenvalue weighted by Gasteiger charge is -2.08. The molecular weight excluding hydrogens is 258 g/mol. The summed E-state index contributed by atoms with van der Waals surface area (Å²) in [6, 6.07) is 11.7. The summed E-state index contributed by atoms with van der Waals surface area (Å²) < 4.78 is 11.7. The van der Waals surface area contributed by atoms with E-state index in [-0.39, 0.29) is 11.5 Å². The van der Waals surface area contributed by atoms with Crippen LogP contribution in [-0.2, 0) is 11.3 Å². The van der Waals surface area contributed by atoms with Gasteiger partial charge in [0.15, 0.2) is 0 Å². The largest absolute Gasteiger partial charge is 0.492 e. The fourth-order valence-electron chi connectivity index (χ4n) is 1.71. The molecule has 0 spiro atoms. The molecule has 0 radical (unpaired) electrons. The lowest BCUT2D eigenvalue weighted by atomic mass is 10.2. The van der Waals surface area contributed by atoms with Crippen molar-refractivity contribution >= 4 is 5.97 Å². The van der Waals surface area contributed by atoms with Gasteiger partial charge in [-0.3, -0.25) is 4.79 Å². The predicted molar refractivity (Wildman–Crippen MR) is 74.0 cm³/mol. The van der Waals surface area contributed by atoms with Crippen LogP contribution in [-0.4, -0.2) is 24.3 Å². The third-order valence-corrected chi connectivity index (χ3v) is 2.78. The fraction of sp³-hybridized carbons (Fsp3) is 0.200. The van der Waals surface area contributed by atoms with Gasteiger partial charge in [-0.1, -0.05) is 6.07 Å². The first-order valence-electron chi connectivity index (χ1n) is 6.17. The number of ether oxygens (including phenoxy) is 2. The number of carbonyl (C=O) groups excluding carboxylic acids is 1. The smallest absolute Gasteiger partial charge is 0.337 e. The number of rotatable bonds is 5. The Labute approximate surface area is 116 Å². The number of aromatic nitrogens is 1. The van der Waals surface area contributed by atoms with Crippen molar-refractivity contribution in [1.82, 2.24) is 4.57 Å². The molecule has 0 fully saturated rings. The van der Waals surface area contributed by atoms with Crippen LogP contribution in [0.4, 0.5) is 0 Å². The summed E-state index contributed by atoms with van der Waals surface area (Å²) in [6.07, 6.45) is 1.71. The second kappa shape index (κ2) is 6.56. The van der Waals surface area contributed by atoms with Gasteiger partial charge in [-0.2, -0.15) is 0 Å². The molecule has 0 saturated carbocycles. The molecule has 104 valence electrons. The maximum absolute atomic E-state index is 11.5. The Morgan fingerprint density at radius 1 is 1.15 bits per heavy atom. The second-order valence-corrected chi connectivity index (χ2v) is 4.10. The monoisotopic (exact) mass is 273 g/mol. The maximum atomic E-state index is 11.5. The molecule has 1 aromatic carbocycles. The van der Waals surface area contributed by atoms with Crippen LogP contribution in [0.5, 0.6) is 5.75 Å². The van der Waals surface area contributed by atoms with Crippen molar-refractivity contribution in [2.24, 2.45) is 0 Å². The van der Waals surface area contributed by atoms with E-state index < -0.39 is 0 Å². The first kappa shape index (κ1) is 13.9. The van der Waals surface area contributed by atoms with Crippen LogP contribution in [0, 0.1) is 0 Å². The summed E-state index contributed by atoms with van der Waals surface area (Å²) in [5.74, 6) is 0.258. The highest BCUT2D eigenvalue weighted by molar-refractivity contribution is 5.89. The van der Waals surface area contributed by atoms with E-state index in [1.165, 1.54) is 13.2 Å². The van der Waals surface area contributed by atoms with E-state index in [9.17, 15) is 9.59 Å². The van der Waals surface area contributed by atoms with E-state index in [4.69, 9.17) is 4.74 Å². The zero-order valence-electron chi connectivity index (χ0n) is 11.1. The summed E-state index contributed by atoms with van der Waals surface area (Å²) in [7, 11) is 1.34. The van der Waals surface area contributed by atoms with Crippen molar-refractivity contribution in [3.63, 3.8) is 0 Å². The summed E-state index contributed by atoms with van der Waals surface area (Å²) >= 11 is 0. The van der Waals surface area contributed by atoms with Gasteiger partial charge in [0.25, 0.3) is 5.56 Å². The molecule has 0 N–H and O–H groups in total. The van der Waals surface area contributed by atoms with Gasteiger partial charge in [-0.15, -0.1) is 0 Å². The number of hydrogen-bond donors (Lipinski definition) is 0. The predicted octanol–water partition coefficient (Wildman–Crippen LogP) is 1.71. The van der Waals surface area contributed by atoms with E-state index in [0.717, 1.165) is 0 Å². The number of benzene rings is 1. The molecule has 5 heteroatoms. The van der Waals surface area contributed by atoms with Gasteiger partial charge >= 0.3 is 5.97 Å². The van der Waals surface area contributed by atoms with Crippen LogP contribution >= 0.6 is 0 Å². The quantitative estimate of drug-likeness (QED) is 0.778. The number of hydrogen-bond acceptors (Lipinski definition) is 4. The third kappa shape index (κ3) is 3.47. The molecule has 1 heterocycles. The van der Waals surface area contributed by atoms with Gasteiger partial charge < -0.3 is 14.0 Å². The molecule has 0 aliphatic rings. The fourth-order valence-corrected chi connectivity index (χ4v) is 1.71. The first-order valence-corrected chi connectivity index (χ1v) is 6.17. The van der Waals surface area contributed by atoms with Gasteiger partial charge in [-0.05, 0) is 30.3 Å². The highest BCUT2D eigenvalue weighted by Gasteiger charge is 2.04. The standard InChI is InChI=1S/C15H15NO4/c1-19-15(18)12-5-7-13(8-6-12)20-11-10-16-9-3-2-4-14(16)17/h2-9H,10-11H2,1H3. The van der Waals surface area contributed by atoms with Crippen LogP contribution in [0.1, 0.15) is 10.4 Å². The van der Waals surface area contributed by atoms with E-state index >= 15 is 0 Å². The van der Waals surface area contributed by atoms with Crippen LogP contribution in [0.2, 0.25) is 0 Å². The van der Waals surface area contributed by atoms with Crippen molar-refractivity contribution in [3.8, 4) is 5.75 Å². The number of methoxy groups -OCH3 is 1. The molecule has 0 aliphatic carbocycles. The van der Waals surface area contributed by atoms with Gasteiger partial charge in [0.05, 0.1) is 19.2 Å². The number of esters is 1. The van der Waals surface area contributed by atoms with Gasteiger partial charge in [0.2, 0.25) is 0 Å². The number of carbonyl (C=O) groups is 1. The Morgan fingerprint density at radius 2 is 1.90 bits per heavy atom. The third-order valence-electron chi connectivity index (χ3n) is 2.78. The molecule has 0 unspecified atom stereocenters. The summed E-state index contributed by atoms with van der Waals surface area (Å²) in [5.41, 5.74) is 0.413. The lowest BCUT2D eigenvalue weighted by Crippen LogP contribution is -2.21. The minimum absolute atomic E-state index is 0.0582. The Balaban J connectivity index is 1.90. The molecule has 20 heavy (non-hydrogen) atoms. The average molecular weight is 273 g/mol. The average Bonchev–Trinajstić information content (AvgIpc) is 2.49. The van der Waals surface area contributed by atoms with Crippen LogP contribution in [0.25, 0.3) is 0 Å². The highest BCUT2D eigenvalue weighted by atomic mass is 16.5. The Bertz CT molecular complexity index is 631. The first-order chi connectivity index (χ1) is 9.70. The molecule has 0 aliphatic heterocycles. The Morgan fingerprint density at radius 3 is 2.55 bits per heavy atom. The molecule has 0 bridgehead atoms. The summed E-state index contributed by atoms with van der Waals surface area (Å²) in [4.78, 5) is 22.7. The van der Waals surface area contributed by atoms with Crippen molar-refractivity contribution in [2.45, 2.75) is 6.54 Å². The molecule has 1 aromatic heterocycles. The Kier molecular flexibility index (Phi) is 4.55. The minimum atomic E-state index is -0.382. The second-order valence-electron chi connectivity index (χ2n) is 4.10. The van der Waals surface area contributed by atoms with Crippen LogP contribution < -0.4 is 10.3 Å². The molecule has 2 rings (SSSR count). The molecule has 2 aromatic rings. The zero-order chi connectivity index (χ0) is 14.4. The molecular formula is C15H15NO4. The van der Waals surface area contributed by atoms with E-state index in [0.29, 0.717) is 24.5 Å². The number of pyridine rings is 1. The van der Waals surface area contributed by atoms with Crippen molar-refractivity contribution < 1.29 is 14.3 Å². The van der Waals surface area contributed by atoms with Gasteiger partial charge in [-0.25, -0.2) is 4.79 Å². The lowest BCUT2D eigenvalue weighted by molar-refractivity contribution is 0.0600. The van der Waals surface area contributed by atoms with Crippen molar-refractivity contribution in [3.05, 3.63) is 64.6 Å².